The highest BCUT2D eigenvalue weighted by atomic mass is 19.1. The number of ether oxygens (including phenoxy) is 1. The summed E-state index contributed by atoms with van der Waals surface area (Å²) >= 11 is 0. The quantitative estimate of drug-likeness (QED) is 0.426. The lowest BCUT2D eigenvalue weighted by Gasteiger charge is -2.17. The average molecular weight is 415 g/mol. The van der Waals surface area contributed by atoms with E-state index in [1.54, 1.807) is 19.1 Å². The fourth-order valence-corrected chi connectivity index (χ4v) is 3.34. The number of hydrogen-bond donors (Lipinski definition) is 2. The lowest BCUT2D eigenvalue weighted by Crippen LogP contribution is -2.16. The Bertz CT molecular complexity index is 871. The van der Waals surface area contributed by atoms with Gasteiger partial charge in [-0.3, -0.25) is 0 Å². The first-order valence-corrected chi connectivity index (χ1v) is 10.3. The van der Waals surface area contributed by atoms with E-state index >= 15 is 0 Å². The molecule has 0 saturated carbocycles. The second kappa shape index (κ2) is 11.6. The van der Waals surface area contributed by atoms with Crippen LogP contribution >= 0.6 is 0 Å². The van der Waals surface area contributed by atoms with Gasteiger partial charge in [-0.05, 0) is 48.1 Å². The number of halogens is 1. The molecule has 0 radical (unpaired) electrons. The third kappa shape index (κ3) is 6.51. The lowest BCUT2D eigenvalue weighted by atomic mass is 9.91. The Hall–Kier alpha value is -2.50. The summed E-state index contributed by atoms with van der Waals surface area (Å²) in [6.07, 6.45) is 2.72. The number of benzene rings is 2. The van der Waals surface area contributed by atoms with E-state index in [0.29, 0.717) is 24.0 Å². The molecule has 5 heteroatoms. The largest absolute Gasteiger partial charge is 0.462 e. The minimum absolute atomic E-state index is 0.129. The van der Waals surface area contributed by atoms with Gasteiger partial charge in [0, 0.05) is 36.7 Å². The topological polar surface area (TPSA) is 66.8 Å². The molecule has 0 atom stereocenters. The van der Waals surface area contributed by atoms with E-state index in [4.69, 9.17) is 4.74 Å². The third-order valence-electron chi connectivity index (χ3n) is 5.07. The number of carbonyl (C=O) groups excluding carboxylic acids is 1. The van der Waals surface area contributed by atoms with Crippen molar-refractivity contribution in [3.8, 4) is 11.1 Å². The van der Waals surface area contributed by atoms with Crippen molar-refractivity contribution in [1.29, 1.82) is 0 Å². The third-order valence-corrected chi connectivity index (χ3v) is 5.07. The van der Waals surface area contributed by atoms with E-state index in [0.717, 1.165) is 35.1 Å². The zero-order valence-corrected chi connectivity index (χ0v) is 17.8. The predicted octanol–water partition coefficient (Wildman–Crippen LogP) is 4.25. The second-order valence-corrected chi connectivity index (χ2v) is 7.65. The van der Waals surface area contributed by atoms with E-state index < -0.39 is 5.97 Å². The Morgan fingerprint density at radius 2 is 1.83 bits per heavy atom. The molecule has 0 spiro atoms. The first-order valence-electron chi connectivity index (χ1n) is 10.3. The average Bonchev–Trinajstić information content (AvgIpc) is 2.73. The van der Waals surface area contributed by atoms with E-state index in [1.165, 1.54) is 0 Å². The van der Waals surface area contributed by atoms with Gasteiger partial charge in [-0.15, -0.1) is 0 Å². The smallest absolute Gasteiger partial charge is 0.333 e. The number of esters is 1. The minimum Gasteiger partial charge on any atom is -0.462 e. The van der Waals surface area contributed by atoms with E-state index in [1.807, 2.05) is 24.3 Å². The SMILES string of the molecule is C=C(C)C(=O)OCCc1cc(-c2ccc(CCC)cc2F)ccc1CC(CO)CO. The molecule has 0 unspecified atom stereocenters. The van der Waals surface area contributed by atoms with Crippen LogP contribution in [0.2, 0.25) is 0 Å². The van der Waals surface area contributed by atoms with Gasteiger partial charge in [0.05, 0.1) is 6.61 Å². The summed E-state index contributed by atoms with van der Waals surface area (Å²) in [7, 11) is 0. The molecule has 4 nitrogen and oxygen atoms in total. The summed E-state index contributed by atoms with van der Waals surface area (Å²) in [6.45, 7) is 7.13. The van der Waals surface area contributed by atoms with Gasteiger partial charge in [0.25, 0.3) is 0 Å². The van der Waals surface area contributed by atoms with Crippen molar-refractivity contribution in [3.05, 3.63) is 71.1 Å². The van der Waals surface area contributed by atoms with Crippen LogP contribution in [0.25, 0.3) is 11.1 Å². The number of carbonyl (C=O) groups is 1. The van der Waals surface area contributed by atoms with Crippen LogP contribution in [0.4, 0.5) is 4.39 Å². The zero-order chi connectivity index (χ0) is 22.1. The Labute approximate surface area is 178 Å². The number of rotatable bonds is 11. The van der Waals surface area contributed by atoms with Crippen LogP contribution in [0.15, 0.2) is 48.6 Å². The monoisotopic (exact) mass is 414 g/mol. The molecular formula is C25H31FO4. The molecule has 2 aromatic carbocycles. The Morgan fingerprint density at radius 3 is 2.43 bits per heavy atom. The number of hydrogen-bond acceptors (Lipinski definition) is 4. The van der Waals surface area contributed by atoms with Crippen molar-refractivity contribution in [1.82, 2.24) is 0 Å². The molecule has 0 saturated heterocycles. The molecule has 0 fully saturated rings. The summed E-state index contributed by atoms with van der Waals surface area (Å²) < 4.78 is 19.9. The maximum Gasteiger partial charge on any atom is 0.333 e. The molecule has 0 amide bonds. The molecule has 0 aliphatic carbocycles. The van der Waals surface area contributed by atoms with Crippen LogP contribution in [-0.4, -0.2) is 36.0 Å². The predicted molar refractivity (Wildman–Crippen MR) is 117 cm³/mol. The summed E-state index contributed by atoms with van der Waals surface area (Å²) in [5.74, 6) is -0.997. The van der Waals surface area contributed by atoms with Gasteiger partial charge < -0.3 is 14.9 Å². The number of aliphatic hydroxyl groups is 2. The van der Waals surface area contributed by atoms with Crippen molar-refractivity contribution in [3.63, 3.8) is 0 Å². The van der Waals surface area contributed by atoms with Gasteiger partial charge in [0.2, 0.25) is 0 Å². The zero-order valence-electron chi connectivity index (χ0n) is 17.8. The van der Waals surface area contributed by atoms with Gasteiger partial charge >= 0.3 is 5.97 Å². The number of aliphatic hydroxyl groups excluding tert-OH is 2. The normalized spacial score (nSPS) is 11.0. The molecule has 0 aliphatic rings. The molecule has 0 bridgehead atoms. The number of aryl methyl sites for hydroxylation is 1. The summed E-state index contributed by atoms with van der Waals surface area (Å²) in [5, 5.41) is 18.9. The Balaban J connectivity index is 2.32. The molecular weight excluding hydrogens is 383 g/mol. The van der Waals surface area contributed by atoms with Crippen LogP contribution in [-0.2, 0) is 28.8 Å². The van der Waals surface area contributed by atoms with Crippen molar-refractivity contribution in [2.75, 3.05) is 19.8 Å². The first-order chi connectivity index (χ1) is 14.4. The van der Waals surface area contributed by atoms with Crippen molar-refractivity contribution in [2.24, 2.45) is 5.92 Å². The van der Waals surface area contributed by atoms with Gasteiger partial charge in [0.15, 0.2) is 0 Å². The fourth-order valence-electron chi connectivity index (χ4n) is 3.34. The molecule has 30 heavy (non-hydrogen) atoms. The van der Waals surface area contributed by atoms with Gasteiger partial charge in [-0.25, -0.2) is 9.18 Å². The highest BCUT2D eigenvalue weighted by molar-refractivity contribution is 5.86. The van der Waals surface area contributed by atoms with Crippen LogP contribution in [0, 0.1) is 11.7 Å². The van der Waals surface area contributed by atoms with Crippen molar-refractivity contribution >= 4 is 5.97 Å². The molecule has 0 aliphatic heterocycles. The molecule has 0 aromatic heterocycles. The van der Waals surface area contributed by atoms with Gasteiger partial charge in [0.1, 0.15) is 5.82 Å². The standard InChI is InChI=1S/C25H31FO4/c1-4-5-18-6-9-23(24(26)13-18)22-8-7-20(12-19(15-27)16-28)21(14-22)10-11-30-25(29)17(2)3/h6-9,13-14,19,27-28H,2,4-5,10-12,15-16H2,1,3H3. The minimum atomic E-state index is -0.450. The Morgan fingerprint density at radius 1 is 1.10 bits per heavy atom. The van der Waals surface area contributed by atoms with Crippen LogP contribution < -0.4 is 0 Å². The summed E-state index contributed by atoms with van der Waals surface area (Å²) in [4.78, 5) is 11.7. The molecule has 0 heterocycles. The van der Waals surface area contributed by atoms with Gasteiger partial charge in [-0.1, -0.05) is 50.3 Å². The van der Waals surface area contributed by atoms with E-state index in [9.17, 15) is 19.4 Å². The maximum atomic E-state index is 14.7. The van der Waals surface area contributed by atoms with Crippen LogP contribution in [0.3, 0.4) is 0 Å². The molecule has 2 rings (SSSR count). The second-order valence-electron chi connectivity index (χ2n) is 7.65. The summed E-state index contributed by atoms with van der Waals surface area (Å²) in [5.41, 5.74) is 4.38. The fraction of sp³-hybridized carbons (Fsp3) is 0.400. The van der Waals surface area contributed by atoms with Crippen molar-refractivity contribution < 1.29 is 24.1 Å². The van der Waals surface area contributed by atoms with E-state index in [-0.39, 0.29) is 31.6 Å². The molecule has 2 N–H and O–H groups in total. The van der Waals surface area contributed by atoms with Gasteiger partial charge in [-0.2, -0.15) is 0 Å². The molecule has 2 aromatic rings. The lowest BCUT2D eigenvalue weighted by molar-refractivity contribution is -0.138. The molecule has 162 valence electrons. The highest BCUT2D eigenvalue weighted by Gasteiger charge is 2.14. The van der Waals surface area contributed by atoms with E-state index in [2.05, 4.69) is 13.5 Å². The van der Waals surface area contributed by atoms with Crippen molar-refractivity contribution in [2.45, 2.75) is 39.5 Å². The van der Waals surface area contributed by atoms with Crippen LogP contribution in [0.1, 0.15) is 37.0 Å². The first kappa shape index (κ1) is 23.8. The Kier molecular flexibility index (Phi) is 9.21. The maximum absolute atomic E-state index is 14.7. The van der Waals surface area contributed by atoms with Crippen LogP contribution in [0.5, 0.6) is 0 Å². The highest BCUT2D eigenvalue weighted by Crippen LogP contribution is 2.28. The summed E-state index contributed by atoms with van der Waals surface area (Å²) in [6, 6.07) is 11.0.